The molecule has 4 heteroatoms. The zero-order valence-corrected chi connectivity index (χ0v) is 17.9. The van der Waals surface area contributed by atoms with Crippen molar-refractivity contribution >= 4 is 6.09 Å². The molecule has 0 spiro atoms. The summed E-state index contributed by atoms with van der Waals surface area (Å²) in [7, 11) is 0. The van der Waals surface area contributed by atoms with Gasteiger partial charge in [0.05, 0.1) is 0 Å². The van der Waals surface area contributed by atoms with E-state index in [1.807, 2.05) is 20.8 Å². The smallest absolute Gasteiger partial charge is 0.407 e. The van der Waals surface area contributed by atoms with Crippen molar-refractivity contribution in [2.45, 2.75) is 92.7 Å². The third kappa shape index (κ3) is 8.94. The standard InChI is InChI=1S/C21H42N2O2/c1-15(2)18(14-23-19(24)25-21(6,7)8)22-13-16-9-11-17(12-10-16)20(3,4)5/h15-18,22H,9-14H2,1-8H3,(H,23,24). The van der Waals surface area contributed by atoms with Gasteiger partial charge >= 0.3 is 6.09 Å². The van der Waals surface area contributed by atoms with E-state index in [1.54, 1.807) is 0 Å². The lowest BCUT2D eigenvalue weighted by Gasteiger charge is -2.37. The molecule has 0 aliphatic heterocycles. The van der Waals surface area contributed by atoms with Crippen molar-refractivity contribution in [1.82, 2.24) is 10.6 Å². The van der Waals surface area contributed by atoms with Crippen LogP contribution in [0.3, 0.4) is 0 Å². The van der Waals surface area contributed by atoms with Crippen LogP contribution in [0.4, 0.5) is 4.79 Å². The Morgan fingerprint density at radius 2 is 1.60 bits per heavy atom. The summed E-state index contributed by atoms with van der Waals surface area (Å²) in [6, 6.07) is 0.285. The number of alkyl carbamates (subject to hydrolysis) is 1. The van der Waals surface area contributed by atoms with Crippen molar-refractivity contribution in [3.63, 3.8) is 0 Å². The van der Waals surface area contributed by atoms with Crippen LogP contribution < -0.4 is 10.6 Å². The second-order valence-electron chi connectivity index (χ2n) is 10.2. The predicted molar refractivity (Wildman–Crippen MR) is 106 cm³/mol. The summed E-state index contributed by atoms with van der Waals surface area (Å²) in [5.41, 5.74) is -0.00721. The topological polar surface area (TPSA) is 50.4 Å². The molecule has 1 rings (SSSR count). The second kappa shape index (κ2) is 9.25. The van der Waals surface area contributed by atoms with Gasteiger partial charge in [0.15, 0.2) is 0 Å². The molecule has 1 fully saturated rings. The van der Waals surface area contributed by atoms with Gasteiger partial charge in [0.2, 0.25) is 0 Å². The Hall–Kier alpha value is -0.770. The maximum absolute atomic E-state index is 11.9. The highest BCUT2D eigenvalue weighted by atomic mass is 16.6. The van der Waals surface area contributed by atoms with E-state index in [4.69, 9.17) is 4.74 Å². The number of hydrogen-bond acceptors (Lipinski definition) is 3. The summed E-state index contributed by atoms with van der Waals surface area (Å²) in [5, 5.41) is 6.60. The molecule has 1 unspecified atom stereocenters. The average molecular weight is 355 g/mol. The van der Waals surface area contributed by atoms with Crippen molar-refractivity contribution in [3.05, 3.63) is 0 Å². The van der Waals surface area contributed by atoms with Crippen molar-refractivity contribution in [2.75, 3.05) is 13.1 Å². The van der Waals surface area contributed by atoms with Crippen LogP contribution in [-0.4, -0.2) is 30.8 Å². The average Bonchev–Trinajstić information content (AvgIpc) is 2.44. The van der Waals surface area contributed by atoms with Gasteiger partial charge in [-0.05, 0) is 76.2 Å². The maximum Gasteiger partial charge on any atom is 0.407 e. The highest BCUT2D eigenvalue weighted by molar-refractivity contribution is 5.67. The summed E-state index contributed by atoms with van der Waals surface area (Å²) in [6.07, 6.45) is 5.00. The van der Waals surface area contributed by atoms with Crippen molar-refractivity contribution in [1.29, 1.82) is 0 Å². The Balaban J connectivity index is 2.36. The summed E-state index contributed by atoms with van der Waals surface area (Å²) >= 11 is 0. The van der Waals surface area contributed by atoms with Gasteiger partial charge in [0, 0.05) is 12.6 Å². The van der Waals surface area contributed by atoms with Gasteiger partial charge in [0.25, 0.3) is 0 Å². The van der Waals surface area contributed by atoms with Gasteiger partial charge in [-0.25, -0.2) is 4.79 Å². The molecule has 1 amide bonds. The molecule has 1 saturated carbocycles. The Morgan fingerprint density at radius 3 is 2.04 bits per heavy atom. The van der Waals surface area contributed by atoms with Crippen molar-refractivity contribution < 1.29 is 9.53 Å². The lowest BCUT2D eigenvalue weighted by Crippen LogP contribution is -2.47. The van der Waals surface area contributed by atoms with Crippen LogP contribution >= 0.6 is 0 Å². The van der Waals surface area contributed by atoms with E-state index in [9.17, 15) is 4.79 Å². The molecule has 0 saturated heterocycles. The fourth-order valence-electron chi connectivity index (χ4n) is 3.60. The van der Waals surface area contributed by atoms with Crippen molar-refractivity contribution in [2.24, 2.45) is 23.2 Å². The molecule has 0 aromatic carbocycles. The number of ether oxygens (including phenoxy) is 1. The molecule has 0 bridgehead atoms. The number of nitrogens with one attached hydrogen (secondary N) is 2. The van der Waals surface area contributed by atoms with Gasteiger partial charge in [0.1, 0.15) is 5.60 Å². The Kier molecular flexibility index (Phi) is 8.24. The SMILES string of the molecule is CC(C)C(CNC(=O)OC(C)(C)C)NCC1CCC(C(C)(C)C)CC1. The first-order valence-electron chi connectivity index (χ1n) is 10.1. The predicted octanol–water partition coefficient (Wildman–Crippen LogP) is 4.98. The molecule has 1 atom stereocenters. The summed E-state index contributed by atoms with van der Waals surface area (Å²) < 4.78 is 5.33. The van der Waals surface area contributed by atoms with Crippen LogP contribution in [0, 0.1) is 23.2 Å². The van der Waals surface area contributed by atoms with E-state index in [2.05, 4.69) is 45.3 Å². The van der Waals surface area contributed by atoms with Gasteiger partial charge in [-0.1, -0.05) is 34.6 Å². The Bertz CT molecular complexity index is 399. The summed E-state index contributed by atoms with van der Waals surface area (Å²) in [4.78, 5) is 11.9. The van der Waals surface area contributed by atoms with Crippen LogP contribution in [0.15, 0.2) is 0 Å². The molecule has 0 heterocycles. The minimum atomic E-state index is -0.448. The van der Waals surface area contributed by atoms with Crippen LogP contribution in [0.25, 0.3) is 0 Å². The lowest BCUT2D eigenvalue weighted by molar-refractivity contribution is 0.0518. The number of hydrogen-bond donors (Lipinski definition) is 2. The normalized spacial score (nSPS) is 23.4. The van der Waals surface area contributed by atoms with Crippen LogP contribution in [0.5, 0.6) is 0 Å². The van der Waals surface area contributed by atoms with Gasteiger partial charge in [-0.15, -0.1) is 0 Å². The van der Waals surface area contributed by atoms with E-state index in [-0.39, 0.29) is 12.1 Å². The zero-order valence-electron chi connectivity index (χ0n) is 17.9. The highest BCUT2D eigenvalue weighted by Crippen LogP contribution is 2.39. The summed E-state index contributed by atoms with van der Waals surface area (Å²) in [6.45, 7) is 18.8. The van der Waals surface area contributed by atoms with Crippen molar-refractivity contribution in [3.8, 4) is 0 Å². The zero-order chi connectivity index (χ0) is 19.3. The quantitative estimate of drug-likeness (QED) is 0.707. The second-order valence-corrected chi connectivity index (χ2v) is 10.2. The maximum atomic E-state index is 11.9. The molecule has 0 aromatic heterocycles. The van der Waals surface area contributed by atoms with Gasteiger partial charge in [-0.2, -0.15) is 0 Å². The van der Waals surface area contributed by atoms with E-state index in [1.165, 1.54) is 25.7 Å². The molecule has 0 aromatic rings. The molecular weight excluding hydrogens is 312 g/mol. The molecule has 1 aliphatic carbocycles. The summed E-state index contributed by atoms with van der Waals surface area (Å²) in [5.74, 6) is 2.10. The van der Waals surface area contributed by atoms with Crippen LogP contribution in [0.1, 0.15) is 81.1 Å². The number of amides is 1. The highest BCUT2D eigenvalue weighted by Gasteiger charge is 2.30. The number of carbonyl (C=O) groups is 1. The number of rotatable bonds is 6. The molecule has 2 N–H and O–H groups in total. The fourth-order valence-corrected chi connectivity index (χ4v) is 3.60. The van der Waals surface area contributed by atoms with E-state index >= 15 is 0 Å². The largest absolute Gasteiger partial charge is 0.444 e. The monoisotopic (exact) mass is 354 g/mol. The fraction of sp³-hybridized carbons (Fsp3) is 0.952. The molecule has 148 valence electrons. The first kappa shape index (κ1) is 22.3. The van der Waals surface area contributed by atoms with Gasteiger partial charge in [-0.3, -0.25) is 0 Å². The minimum Gasteiger partial charge on any atom is -0.444 e. The Labute approximate surface area is 155 Å². The molecule has 25 heavy (non-hydrogen) atoms. The van der Waals surface area contributed by atoms with E-state index < -0.39 is 5.60 Å². The lowest BCUT2D eigenvalue weighted by atomic mass is 9.70. The first-order valence-corrected chi connectivity index (χ1v) is 10.1. The third-order valence-electron chi connectivity index (χ3n) is 5.41. The molecule has 4 nitrogen and oxygen atoms in total. The van der Waals surface area contributed by atoms with Gasteiger partial charge < -0.3 is 15.4 Å². The first-order chi connectivity index (χ1) is 11.4. The van der Waals surface area contributed by atoms with Crippen LogP contribution in [-0.2, 0) is 4.74 Å². The molecule has 1 aliphatic rings. The van der Waals surface area contributed by atoms with Crippen LogP contribution in [0.2, 0.25) is 0 Å². The molecular formula is C21H42N2O2. The minimum absolute atomic E-state index is 0.285. The van der Waals surface area contributed by atoms with E-state index in [0.717, 1.165) is 18.4 Å². The number of carbonyl (C=O) groups excluding carboxylic acids is 1. The Morgan fingerprint density at radius 1 is 1.04 bits per heavy atom. The molecule has 0 radical (unpaired) electrons. The third-order valence-corrected chi connectivity index (χ3v) is 5.41. The van der Waals surface area contributed by atoms with E-state index in [0.29, 0.717) is 17.9 Å².